The van der Waals surface area contributed by atoms with E-state index in [0.29, 0.717) is 0 Å². The maximum absolute atomic E-state index is 5.64. The third-order valence-electron chi connectivity index (χ3n) is 5.47. The molecule has 0 saturated heterocycles. The van der Waals surface area contributed by atoms with Gasteiger partial charge in [0.1, 0.15) is 17.2 Å². The maximum Gasteiger partial charge on any atom is 0.126 e. The molecule has 4 nitrogen and oxygen atoms in total. The lowest BCUT2D eigenvalue weighted by molar-refractivity contribution is 0.357. The van der Waals surface area contributed by atoms with E-state index in [4.69, 9.17) is 14.2 Å². The van der Waals surface area contributed by atoms with Gasteiger partial charge >= 0.3 is 0 Å². The first-order chi connectivity index (χ1) is 14.2. The second kappa shape index (κ2) is 8.58. The van der Waals surface area contributed by atoms with E-state index < -0.39 is 0 Å². The fraction of sp³-hybridized carbons (Fsp3) is 0.280. The van der Waals surface area contributed by atoms with Crippen LogP contribution in [-0.4, -0.2) is 20.8 Å². The number of hydrogen-bond acceptors (Lipinski definition) is 4. The topological polar surface area (TPSA) is 39.7 Å². The Morgan fingerprint density at radius 1 is 1.00 bits per heavy atom. The maximum atomic E-state index is 5.64. The van der Waals surface area contributed by atoms with Gasteiger partial charge < -0.3 is 19.5 Å². The molecule has 0 bridgehead atoms. The molecular formula is C25H27NO3. The van der Waals surface area contributed by atoms with E-state index in [9.17, 15) is 0 Å². The minimum absolute atomic E-state index is 0.216. The Bertz CT molecular complexity index is 999. The molecule has 29 heavy (non-hydrogen) atoms. The zero-order chi connectivity index (χ0) is 20.2. The molecule has 1 N–H and O–H groups in total. The van der Waals surface area contributed by atoms with Crippen molar-refractivity contribution in [3.05, 3.63) is 77.4 Å². The smallest absolute Gasteiger partial charge is 0.126 e. The minimum Gasteiger partial charge on any atom is -0.497 e. The highest BCUT2D eigenvalue weighted by Crippen LogP contribution is 2.35. The van der Waals surface area contributed by atoms with Crippen molar-refractivity contribution in [3.8, 4) is 28.4 Å². The summed E-state index contributed by atoms with van der Waals surface area (Å²) in [6, 6.07) is 21.2. The zero-order valence-electron chi connectivity index (χ0n) is 17.2. The number of rotatable bonds is 7. The molecular weight excluding hydrogens is 362 g/mol. The third-order valence-corrected chi connectivity index (χ3v) is 5.47. The summed E-state index contributed by atoms with van der Waals surface area (Å²) >= 11 is 0. The molecule has 0 radical (unpaired) electrons. The van der Waals surface area contributed by atoms with Crippen LogP contribution in [0, 0.1) is 0 Å². The van der Waals surface area contributed by atoms with Gasteiger partial charge in [-0.1, -0.05) is 24.3 Å². The van der Waals surface area contributed by atoms with Crippen LogP contribution in [0.25, 0.3) is 11.1 Å². The molecule has 3 aromatic carbocycles. The molecule has 0 spiro atoms. The van der Waals surface area contributed by atoms with Crippen molar-refractivity contribution in [1.29, 1.82) is 0 Å². The molecule has 0 aliphatic carbocycles. The highest BCUT2D eigenvalue weighted by atomic mass is 16.5. The van der Waals surface area contributed by atoms with Crippen molar-refractivity contribution in [2.24, 2.45) is 0 Å². The standard InChI is InChI=1S/C25H27NO3/c1-17(19-5-4-6-22(15-19)27-2)26-16-18-7-9-25(28-3)23(13-18)20-8-10-24-21(14-20)11-12-29-24/h4-10,13-15,17,26H,11-12,16H2,1-3H3/t17-/m1/s1. The highest BCUT2D eigenvalue weighted by molar-refractivity contribution is 5.73. The molecule has 3 aromatic rings. The lowest BCUT2D eigenvalue weighted by Crippen LogP contribution is -2.18. The van der Waals surface area contributed by atoms with E-state index in [2.05, 4.69) is 54.7 Å². The molecule has 1 aliphatic rings. The van der Waals surface area contributed by atoms with Crippen LogP contribution >= 0.6 is 0 Å². The number of nitrogens with one attached hydrogen (secondary N) is 1. The van der Waals surface area contributed by atoms with Crippen LogP contribution in [0.3, 0.4) is 0 Å². The highest BCUT2D eigenvalue weighted by Gasteiger charge is 2.15. The van der Waals surface area contributed by atoms with Crippen molar-refractivity contribution < 1.29 is 14.2 Å². The van der Waals surface area contributed by atoms with E-state index in [1.54, 1.807) is 14.2 Å². The first-order valence-corrected chi connectivity index (χ1v) is 9.98. The van der Waals surface area contributed by atoms with Gasteiger partial charge in [0.15, 0.2) is 0 Å². The Balaban J connectivity index is 1.53. The minimum atomic E-state index is 0.216. The third kappa shape index (κ3) is 4.22. The molecule has 1 atom stereocenters. The predicted molar refractivity (Wildman–Crippen MR) is 116 cm³/mol. The quantitative estimate of drug-likeness (QED) is 0.606. The summed E-state index contributed by atoms with van der Waals surface area (Å²) in [6.45, 7) is 3.70. The predicted octanol–water partition coefficient (Wildman–Crippen LogP) is 5.16. The van der Waals surface area contributed by atoms with Gasteiger partial charge in [-0.15, -0.1) is 0 Å². The van der Waals surface area contributed by atoms with Crippen LogP contribution in [0.15, 0.2) is 60.7 Å². The summed E-state index contributed by atoms with van der Waals surface area (Å²) in [5, 5.41) is 3.61. The van der Waals surface area contributed by atoms with Crippen molar-refractivity contribution in [1.82, 2.24) is 5.32 Å². The summed E-state index contributed by atoms with van der Waals surface area (Å²) in [4.78, 5) is 0. The molecule has 0 aromatic heterocycles. The zero-order valence-corrected chi connectivity index (χ0v) is 17.2. The summed E-state index contributed by atoms with van der Waals surface area (Å²) in [6.07, 6.45) is 0.963. The Hall–Kier alpha value is -2.98. The molecule has 1 aliphatic heterocycles. The molecule has 150 valence electrons. The second-order valence-corrected chi connectivity index (χ2v) is 7.33. The van der Waals surface area contributed by atoms with Crippen LogP contribution < -0.4 is 19.5 Å². The van der Waals surface area contributed by atoms with Crippen LogP contribution in [0.1, 0.15) is 29.7 Å². The lowest BCUT2D eigenvalue weighted by Gasteiger charge is -2.17. The molecule has 0 unspecified atom stereocenters. The van der Waals surface area contributed by atoms with E-state index in [0.717, 1.165) is 47.9 Å². The van der Waals surface area contributed by atoms with E-state index in [1.165, 1.54) is 16.7 Å². The molecule has 1 heterocycles. The van der Waals surface area contributed by atoms with Gasteiger partial charge in [0.2, 0.25) is 0 Å². The van der Waals surface area contributed by atoms with Crippen molar-refractivity contribution in [2.75, 3.05) is 20.8 Å². The number of ether oxygens (including phenoxy) is 3. The fourth-order valence-electron chi connectivity index (χ4n) is 3.74. The Morgan fingerprint density at radius 3 is 2.72 bits per heavy atom. The molecule has 0 amide bonds. The number of fused-ring (bicyclic) bond motifs is 1. The van der Waals surface area contributed by atoms with E-state index in [1.807, 2.05) is 18.2 Å². The van der Waals surface area contributed by atoms with Gasteiger partial charge in [0.05, 0.1) is 20.8 Å². The van der Waals surface area contributed by atoms with Gasteiger partial charge in [0.25, 0.3) is 0 Å². The first kappa shape index (κ1) is 19.3. The van der Waals surface area contributed by atoms with Crippen LogP contribution in [0.5, 0.6) is 17.2 Å². The molecule has 4 rings (SSSR count). The van der Waals surface area contributed by atoms with Gasteiger partial charge in [-0.05, 0) is 65.6 Å². The summed E-state index contributed by atoms with van der Waals surface area (Å²) < 4.78 is 16.6. The second-order valence-electron chi connectivity index (χ2n) is 7.33. The van der Waals surface area contributed by atoms with Gasteiger partial charge in [-0.25, -0.2) is 0 Å². The van der Waals surface area contributed by atoms with Crippen molar-refractivity contribution >= 4 is 0 Å². The number of hydrogen-bond donors (Lipinski definition) is 1. The normalized spacial score (nSPS) is 13.5. The van der Waals surface area contributed by atoms with E-state index in [-0.39, 0.29) is 6.04 Å². The summed E-state index contributed by atoms with van der Waals surface area (Å²) in [5.74, 6) is 2.76. The SMILES string of the molecule is COc1cccc([C@@H](C)NCc2ccc(OC)c(-c3ccc4c(c3)CCO4)c2)c1. The molecule has 0 saturated carbocycles. The molecule has 4 heteroatoms. The Morgan fingerprint density at radius 2 is 1.90 bits per heavy atom. The average Bonchev–Trinajstić information content (AvgIpc) is 3.25. The van der Waals surface area contributed by atoms with Gasteiger partial charge in [0, 0.05) is 24.6 Å². The first-order valence-electron chi connectivity index (χ1n) is 9.98. The van der Waals surface area contributed by atoms with Crippen molar-refractivity contribution in [2.45, 2.75) is 25.9 Å². The Labute approximate surface area is 172 Å². The number of benzene rings is 3. The summed E-state index contributed by atoms with van der Waals surface area (Å²) in [5.41, 5.74) is 5.95. The average molecular weight is 389 g/mol. The van der Waals surface area contributed by atoms with Crippen LogP contribution in [-0.2, 0) is 13.0 Å². The van der Waals surface area contributed by atoms with Crippen LogP contribution in [0.4, 0.5) is 0 Å². The number of methoxy groups -OCH3 is 2. The van der Waals surface area contributed by atoms with E-state index >= 15 is 0 Å². The van der Waals surface area contributed by atoms with Gasteiger partial charge in [-0.3, -0.25) is 0 Å². The van der Waals surface area contributed by atoms with Crippen LogP contribution in [0.2, 0.25) is 0 Å². The molecule has 0 fully saturated rings. The monoisotopic (exact) mass is 389 g/mol. The largest absolute Gasteiger partial charge is 0.497 e. The van der Waals surface area contributed by atoms with Crippen molar-refractivity contribution in [3.63, 3.8) is 0 Å². The fourth-order valence-corrected chi connectivity index (χ4v) is 3.74. The lowest BCUT2D eigenvalue weighted by atomic mass is 9.99. The Kier molecular flexibility index (Phi) is 5.72. The van der Waals surface area contributed by atoms with Gasteiger partial charge in [-0.2, -0.15) is 0 Å². The summed E-state index contributed by atoms with van der Waals surface area (Å²) in [7, 11) is 3.42.